The highest BCUT2D eigenvalue weighted by atomic mass is 127. The fourth-order valence-electron chi connectivity index (χ4n) is 2.91. The Morgan fingerprint density at radius 1 is 0.591 bits per heavy atom. The number of benzene rings is 4. The number of anilines is 1. The molecule has 4 rings (SSSR count). The summed E-state index contributed by atoms with van der Waals surface area (Å²) in [6.07, 6.45) is 0. The highest BCUT2D eigenvalue weighted by Crippen LogP contribution is 2.30. The first kappa shape index (κ1) is 13.6. The van der Waals surface area contributed by atoms with Crippen LogP contribution in [0.15, 0.2) is 72.8 Å². The first-order valence-corrected chi connectivity index (χ1v) is 8.26. The van der Waals surface area contributed by atoms with E-state index in [1.165, 1.54) is 36.2 Å². The van der Waals surface area contributed by atoms with Crippen LogP contribution >= 0.6 is 22.6 Å². The van der Waals surface area contributed by atoms with Gasteiger partial charge in [0.25, 0.3) is 0 Å². The highest BCUT2D eigenvalue weighted by molar-refractivity contribution is 14.1. The van der Waals surface area contributed by atoms with Crippen LogP contribution < -0.4 is 5.73 Å². The minimum Gasteiger partial charge on any atom is -0.399 e. The second-order valence-corrected chi connectivity index (χ2v) is 6.73. The van der Waals surface area contributed by atoms with E-state index in [0.717, 1.165) is 5.69 Å². The van der Waals surface area contributed by atoms with Crippen molar-refractivity contribution in [2.75, 3.05) is 5.73 Å². The molecule has 0 heterocycles. The smallest absolute Gasteiger partial charge is 0.0320 e. The van der Waals surface area contributed by atoms with Crippen molar-refractivity contribution in [3.63, 3.8) is 0 Å². The molecule has 0 aliphatic heterocycles. The van der Waals surface area contributed by atoms with E-state index in [0.29, 0.717) is 0 Å². The lowest BCUT2D eigenvalue weighted by Gasteiger charge is -2.08. The largest absolute Gasteiger partial charge is 0.399 e. The average Bonchev–Trinajstić information content (AvgIpc) is 2.54. The van der Waals surface area contributed by atoms with Gasteiger partial charge in [-0.15, -0.1) is 0 Å². The van der Waals surface area contributed by atoms with Gasteiger partial charge in [-0.3, -0.25) is 0 Å². The molecule has 2 N–H and O–H groups in total. The van der Waals surface area contributed by atoms with Gasteiger partial charge in [0, 0.05) is 9.26 Å². The molecule has 0 unspecified atom stereocenters. The zero-order chi connectivity index (χ0) is 15.1. The molecule has 4 aromatic carbocycles. The molecule has 1 nitrogen and oxygen atoms in total. The first-order valence-electron chi connectivity index (χ1n) is 7.19. The van der Waals surface area contributed by atoms with E-state index in [2.05, 4.69) is 83.3 Å². The molecule has 0 aliphatic carbocycles. The normalized spacial score (nSPS) is 11.1. The topological polar surface area (TPSA) is 26.0 Å². The molecule has 0 saturated carbocycles. The van der Waals surface area contributed by atoms with E-state index in [-0.39, 0.29) is 0 Å². The van der Waals surface area contributed by atoms with Gasteiger partial charge in [0.15, 0.2) is 0 Å². The highest BCUT2D eigenvalue weighted by Gasteiger charge is 2.04. The summed E-state index contributed by atoms with van der Waals surface area (Å²) in [7, 11) is 0. The van der Waals surface area contributed by atoms with Gasteiger partial charge in [-0.2, -0.15) is 0 Å². The van der Waals surface area contributed by atoms with Crippen LogP contribution in [0, 0.1) is 3.57 Å². The molecular weight excluding hydrogens is 381 g/mol. The van der Waals surface area contributed by atoms with Gasteiger partial charge in [0.2, 0.25) is 0 Å². The van der Waals surface area contributed by atoms with E-state index in [1.807, 2.05) is 12.1 Å². The Morgan fingerprint density at radius 2 is 1.18 bits per heavy atom. The fraction of sp³-hybridized carbons (Fsp3) is 0. The van der Waals surface area contributed by atoms with Crippen molar-refractivity contribution >= 4 is 49.8 Å². The third kappa shape index (κ3) is 2.33. The maximum atomic E-state index is 5.88. The minimum atomic E-state index is 0.808. The lowest BCUT2D eigenvalue weighted by Crippen LogP contribution is -1.85. The maximum absolute atomic E-state index is 5.88. The number of hydrogen-bond donors (Lipinski definition) is 1. The van der Waals surface area contributed by atoms with E-state index in [1.54, 1.807) is 0 Å². The number of fused-ring (bicyclic) bond motifs is 3. The van der Waals surface area contributed by atoms with E-state index in [4.69, 9.17) is 5.73 Å². The van der Waals surface area contributed by atoms with Crippen LogP contribution in [-0.2, 0) is 0 Å². The Labute approximate surface area is 142 Å². The van der Waals surface area contributed by atoms with Crippen LogP contribution in [0.2, 0.25) is 0 Å². The molecule has 0 amide bonds. The van der Waals surface area contributed by atoms with E-state index >= 15 is 0 Å². The summed E-state index contributed by atoms with van der Waals surface area (Å²) in [6.45, 7) is 0. The number of rotatable bonds is 1. The molecule has 4 aromatic rings. The number of nitrogen functional groups attached to an aromatic ring is 1. The zero-order valence-electron chi connectivity index (χ0n) is 11.9. The van der Waals surface area contributed by atoms with Crippen LogP contribution in [0.4, 0.5) is 5.69 Å². The molecule has 0 bridgehead atoms. The SMILES string of the molecule is Nc1ccc2c(ccc3cc(-c4ccc(I)cc4)ccc32)c1. The molecule has 0 radical (unpaired) electrons. The molecular formula is C20H14IN. The van der Waals surface area contributed by atoms with Crippen molar-refractivity contribution in [3.05, 3.63) is 76.4 Å². The van der Waals surface area contributed by atoms with Crippen molar-refractivity contribution in [2.45, 2.75) is 0 Å². The third-order valence-electron chi connectivity index (χ3n) is 4.04. The Hall–Kier alpha value is -2.07. The molecule has 106 valence electrons. The van der Waals surface area contributed by atoms with Gasteiger partial charge < -0.3 is 5.73 Å². The number of hydrogen-bond acceptors (Lipinski definition) is 1. The number of nitrogens with two attached hydrogens (primary N) is 1. The van der Waals surface area contributed by atoms with Gasteiger partial charge in [-0.05, 0) is 85.6 Å². The molecule has 2 heteroatoms. The van der Waals surface area contributed by atoms with Gasteiger partial charge in [0.1, 0.15) is 0 Å². The predicted octanol–water partition coefficient (Wildman–Crippen LogP) is 5.85. The quantitative estimate of drug-likeness (QED) is 0.244. The third-order valence-corrected chi connectivity index (χ3v) is 4.76. The Balaban J connectivity index is 1.93. The molecule has 0 fully saturated rings. The van der Waals surface area contributed by atoms with Crippen LogP contribution in [0.25, 0.3) is 32.7 Å². The van der Waals surface area contributed by atoms with Gasteiger partial charge >= 0.3 is 0 Å². The summed E-state index contributed by atoms with van der Waals surface area (Å²) in [5, 5.41) is 4.97. The summed E-state index contributed by atoms with van der Waals surface area (Å²) in [6, 6.07) is 25.7. The second-order valence-electron chi connectivity index (χ2n) is 5.49. The fourth-order valence-corrected chi connectivity index (χ4v) is 3.27. The van der Waals surface area contributed by atoms with Crippen molar-refractivity contribution in [2.24, 2.45) is 0 Å². The standard InChI is InChI=1S/C20H14IN/c21-17-6-3-13(4-7-17)14-5-9-19-15(11-14)1-2-16-12-18(22)8-10-20(16)19/h1-12H,22H2. The molecule has 0 atom stereocenters. The molecule has 0 saturated heterocycles. The summed E-state index contributed by atoms with van der Waals surface area (Å²) < 4.78 is 1.26. The van der Waals surface area contributed by atoms with Gasteiger partial charge in [-0.25, -0.2) is 0 Å². The van der Waals surface area contributed by atoms with Crippen LogP contribution in [0.1, 0.15) is 0 Å². The van der Waals surface area contributed by atoms with E-state index in [9.17, 15) is 0 Å². The summed E-state index contributed by atoms with van der Waals surface area (Å²) in [4.78, 5) is 0. The van der Waals surface area contributed by atoms with Crippen LogP contribution in [0.5, 0.6) is 0 Å². The van der Waals surface area contributed by atoms with Crippen LogP contribution in [0.3, 0.4) is 0 Å². The zero-order valence-corrected chi connectivity index (χ0v) is 14.0. The Kier molecular flexibility index (Phi) is 3.26. The summed E-state index contributed by atoms with van der Waals surface area (Å²) in [5.74, 6) is 0. The van der Waals surface area contributed by atoms with Crippen LogP contribution in [-0.4, -0.2) is 0 Å². The Bertz CT molecular complexity index is 988. The van der Waals surface area contributed by atoms with E-state index < -0.39 is 0 Å². The molecule has 0 spiro atoms. The monoisotopic (exact) mass is 395 g/mol. The predicted molar refractivity (Wildman–Crippen MR) is 104 cm³/mol. The van der Waals surface area contributed by atoms with Crippen molar-refractivity contribution < 1.29 is 0 Å². The molecule has 0 aromatic heterocycles. The van der Waals surface area contributed by atoms with Crippen molar-refractivity contribution in [3.8, 4) is 11.1 Å². The average molecular weight is 395 g/mol. The van der Waals surface area contributed by atoms with Crippen molar-refractivity contribution in [1.29, 1.82) is 0 Å². The Morgan fingerprint density at radius 3 is 1.91 bits per heavy atom. The summed E-state index contributed by atoms with van der Waals surface area (Å²) >= 11 is 2.33. The van der Waals surface area contributed by atoms with Crippen molar-refractivity contribution in [1.82, 2.24) is 0 Å². The summed E-state index contributed by atoms with van der Waals surface area (Å²) in [5.41, 5.74) is 9.19. The maximum Gasteiger partial charge on any atom is 0.0320 e. The first-order chi connectivity index (χ1) is 10.7. The van der Waals surface area contributed by atoms with Gasteiger partial charge in [-0.1, -0.05) is 42.5 Å². The second kappa shape index (κ2) is 5.29. The molecule has 22 heavy (non-hydrogen) atoms. The lowest BCUT2D eigenvalue weighted by molar-refractivity contribution is 1.61. The lowest BCUT2D eigenvalue weighted by atomic mass is 9.97. The molecule has 0 aliphatic rings. The van der Waals surface area contributed by atoms with Gasteiger partial charge in [0.05, 0.1) is 0 Å². The minimum absolute atomic E-state index is 0.808. The number of halogens is 1.